The van der Waals surface area contributed by atoms with Gasteiger partial charge in [0.1, 0.15) is 18.1 Å². The molecule has 2 aliphatic heterocycles. The molecule has 9 nitrogen and oxygen atoms in total. The molecule has 3 heterocycles. The highest BCUT2D eigenvalue weighted by atomic mass is 32.1. The van der Waals surface area contributed by atoms with Crippen LogP contribution >= 0.6 is 11.3 Å². The summed E-state index contributed by atoms with van der Waals surface area (Å²) in [5.74, 6) is 1.58. The third-order valence-corrected chi connectivity index (χ3v) is 8.51. The summed E-state index contributed by atoms with van der Waals surface area (Å²) in [6, 6.07) is 22.8. The number of aromatic nitrogens is 1. The molecule has 0 atom stereocenters. The van der Waals surface area contributed by atoms with E-state index in [0.29, 0.717) is 38.0 Å². The van der Waals surface area contributed by atoms with Gasteiger partial charge in [-0.15, -0.1) is 11.3 Å². The average Bonchev–Trinajstić information content (AvgIpc) is 3.51. The lowest BCUT2D eigenvalue weighted by molar-refractivity contribution is -0.117. The van der Waals surface area contributed by atoms with Crippen molar-refractivity contribution in [2.45, 2.75) is 13.0 Å². The van der Waals surface area contributed by atoms with Gasteiger partial charge < -0.3 is 29.2 Å². The van der Waals surface area contributed by atoms with E-state index < -0.39 is 0 Å². The number of benzene rings is 3. The van der Waals surface area contributed by atoms with Gasteiger partial charge in [0.2, 0.25) is 5.91 Å². The molecule has 0 saturated carbocycles. The number of methoxy groups -OCH3 is 1. The molecule has 0 aliphatic carbocycles. The first-order valence-corrected chi connectivity index (χ1v) is 15.9. The Morgan fingerprint density at radius 1 is 0.932 bits per heavy atom. The quantitative estimate of drug-likeness (QED) is 0.322. The molecule has 1 saturated heterocycles. The predicted octanol–water partition coefficient (Wildman–Crippen LogP) is 5.10. The van der Waals surface area contributed by atoms with Crippen LogP contribution in [0.1, 0.15) is 16.7 Å². The molecule has 0 spiro atoms. The van der Waals surface area contributed by atoms with Crippen molar-refractivity contribution in [1.29, 1.82) is 0 Å². The van der Waals surface area contributed by atoms with Gasteiger partial charge in [0.15, 0.2) is 5.13 Å². The van der Waals surface area contributed by atoms with Crippen LogP contribution in [0.15, 0.2) is 72.1 Å². The number of nitrogens with zero attached hydrogens (tertiary/aromatic N) is 3. The summed E-state index contributed by atoms with van der Waals surface area (Å²) < 4.78 is 22.9. The molecule has 0 unspecified atom stereocenters. The third-order valence-electron chi connectivity index (χ3n) is 7.75. The van der Waals surface area contributed by atoms with Crippen molar-refractivity contribution in [2.75, 3.05) is 76.5 Å². The van der Waals surface area contributed by atoms with Crippen LogP contribution in [-0.2, 0) is 27.2 Å². The maximum atomic E-state index is 13.1. The lowest BCUT2D eigenvalue weighted by atomic mass is 10.0. The Morgan fingerprint density at radius 3 is 2.57 bits per heavy atom. The van der Waals surface area contributed by atoms with Gasteiger partial charge in [-0.3, -0.25) is 9.69 Å². The standard InChI is InChI=1S/C34H38N4O5S/c1-40-30-8-5-27(6-9-30)31-24-44-34(35-31)36-33(39)23-37-11-14-42-17-18-43-32-10-7-29(38-12-15-41-16-13-38)21-28(32)20-25-3-2-4-26(19-25)22-37/h2-10,19,21,24H,11-18,20,22-23H2,1H3,(H,35,36,39). The van der Waals surface area contributed by atoms with Gasteiger partial charge in [-0.1, -0.05) is 24.3 Å². The summed E-state index contributed by atoms with van der Waals surface area (Å²) in [4.78, 5) is 22.2. The lowest BCUT2D eigenvalue weighted by Crippen LogP contribution is -2.36. The molecule has 0 radical (unpaired) electrons. The fourth-order valence-corrected chi connectivity index (χ4v) is 6.22. The molecule has 44 heavy (non-hydrogen) atoms. The summed E-state index contributed by atoms with van der Waals surface area (Å²) in [7, 11) is 1.64. The second-order valence-corrected chi connectivity index (χ2v) is 11.7. The van der Waals surface area contributed by atoms with Crippen LogP contribution in [-0.4, -0.2) is 82.1 Å². The largest absolute Gasteiger partial charge is 0.497 e. The van der Waals surface area contributed by atoms with Gasteiger partial charge in [0.25, 0.3) is 0 Å². The maximum Gasteiger partial charge on any atom is 0.240 e. The molecule has 1 N–H and O–H groups in total. The number of fused-ring (bicyclic) bond motifs is 3. The Morgan fingerprint density at radius 2 is 1.73 bits per heavy atom. The summed E-state index contributed by atoms with van der Waals surface area (Å²) in [6.07, 6.45) is 0.753. The van der Waals surface area contributed by atoms with Gasteiger partial charge >= 0.3 is 0 Å². The molecule has 2 bridgehead atoms. The number of rotatable bonds is 6. The molecular formula is C34H38N4O5S. The molecule has 6 rings (SSSR count). The van der Waals surface area contributed by atoms with E-state index in [4.69, 9.17) is 18.9 Å². The monoisotopic (exact) mass is 614 g/mol. The Hall–Kier alpha value is -3.96. The maximum absolute atomic E-state index is 13.1. The smallest absolute Gasteiger partial charge is 0.240 e. The average molecular weight is 615 g/mol. The molecule has 2 aliphatic rings. The van der Waals surface area contributed by atoms with Crippen LogP contribution in [0, 0.1) is 0 Å². The zero-order valence-corrected chi connectivity index (χ0v) is 25.8. The molecule has 1 amide bonds. The van der Waals surface area contributed by atoms with E-state index in [9.17, 15) is 4.79 Å². The minimum atomic E-state index is -0.106. The number of carbonyl (C=O) groups is 1. The van der Waals surface area contributed by atoms with E-state index in [-0.39, 0.29) is 12.5 Å². The number of anilines is 2. The number of thiazole rings is 1. The van der Waals surface area contributed by atoms with Crippen molar-refractivity contribution in [2.24, 2.45) is 0 Å². The molecule has 230 valence electrons. The van der Waals surface area contributed by atoms with Gasteiger partial charge in [0.05, 0.1) is 45.8 Å². The predicted molar refractivity (Wildman–Crippen MR) is 173 cm³/mol. The molecule has 1 fully saturated rings. The first-order chi connectivity index (χ1) is 21.6. The summed E-state index contributed by atoms with van der Waals surface area (Å²) in [5.41, 5.74) is 6.48. The van der Waals surface area contributed by atoms with Crippen molar-refractivity contribution < 1.29 is 23.7 Å². The van der Waals surface area contributed by atoms with Crippen molar-refractivity contribution in [3.8, 4) is 22.8 Å². The minimum Gasteiger partial charge on any atom is -0.497 e. The fourth-order valence-electron chi connectivity index (χ4n) is 5.49. The van der Waals surface area contributed by atoms with Gasteiger partial charge in [-0.25, -0.2) is 4.98 Å². The van der Waals surface area contributed by atoms with Crippen molar-refractivity contribution in [3.05, 3.63) is 88.8 Å². The van der Waals surface area contributed by atoms with E-state index in [1.165, 1.54) is 22.6 Å². The topological polar surface area (TPSA) is 85.4 Å². The van der Waals surface area contributed by atoms with Crippen LogP contribution in [0.5, 0.6) is 11.5 Å². The highest BCUT2D eigenvalue weighted by Crippen LogP contribution is 2.29. The van der Waals surface area contributed by atoms with E-state index in [1.807, 2.05) is 29.6 Å². The molecule has 4 aromatic rings. The van der Waals surface area contributed by atoms with E-state index in [2.05, 4.69) is 62.6 Å². The van der Waals surface area contributed by atoms with Crippen LogP contribution in [0.25, 0.3) is 11.3 Å². The summed E-state index contributed by atoms with van der Waals surface area (Å²) >= 11 is 1.42. The Kier molecular flexibility index (Phi) is 10.0. The lowest BCUT2D eigenvalue weighted by Gasteiger charge is -2.29. The van der Waals surface area contributed by atoms with Crippen LogP contribution < -0.4 is 19.7 Å². The van der Waals surface area contributed by atoms with Crippen molar-refractivity contribution in [3.63, 3.8) is 0 Å². The second kappa shape index (κ2) is 14.7. The Bertz CT molecular complexity index is 1540. The fraction of sp³-hybridized carbons (Fsp3) is 0.353. The number of nitrogens with one attached hydrogen (secondary N) is 1. The number of amides is 1. The molecular weight excluding hydrogens is 576 g/mol. The van der Waals surface area contributed by atoms with Crippen LogP contribution in [0.4, 0.5) is 10.8 Å². The zero-order chi connectivity index (χ0) is 30.1. The third kappa shape index (κ3) is 7.95. The second-order valence-electron chi connectivity index (χ2n) is 10.9. The Labute approximate surface area is 262 Å². The zero-order valence-electron chi connectivity index (χ0n) is 25.0. The minimum absolute atomic E-state index is 0.106. The van der Waals surface area contributed by atoms with Crippen LogP contribution in [0.2, 0.25) is 0 Å². The number of ether oxygens (including phenoxy) is 4. The van der Waals surface area contributed by atoms with Gasteiger partial charge in [-0.05, 0) is 53.6 Å². The highest BCUT2D eigenvalue weighted by Gasteiger charge is 2.17. The first-order valence-electron chi connectivity index (χ1n) is 15.0. The number of morpholine rings is 1. The molecule has 3 aromatic carbocycles. The number of carbonyl (C=O) groups excluding carboxylic acids is 1. The van der Waals surface area contributed by atoms with E-state index in [1.54, 1.807) is 7.11 Å². The van der Waals surface area contributed by atoms with Crippen LogP contribution in [0.3, 0.4) is 0 Å². The summed E-state index contributed by atoms with van der Waals surface area (Å²) in [5, 5.41) is 5.51. The normalized spacial score (nSPS) is 16.3. The van der Waals surface area contributed by atoms with E-state index >= 15 is 0 Å². The van der Waals surface area contributed by atoms with E-state index in [0.717, 1.165) is 66.6 Å². The van der Waals surface area contributed by atoms with Crippen molar-refractivity contribution in [1.82, 2.24) is 9.88 Å². The number of hydrogen-bond donors (Lipinski definition) is 1. The highest BCUT2D eigenvalue weighted by molar-refractivity contribution is 7.14. The molecule has 1 aromatic heterocycles. The van der Waals surface area contributed by atoms with Crippen molar-refractivity contribution >= 4 is 28.1 Å². The summed E-state index contributed by atoms with van der Waals surface area (Å²) in [6.45, 7) is 6.19. The number of hydrogen-bond acceptors (Lipinski definition) is 9. The molecule has 10 heteroatoms. The Balaban J connectivity index is 1.13. The van der Waals surface area contributed by atoms with Gasteiger partial charge in [0, 0.05) is 54.8 Å². The SMILES string of the molecule is COc1ccc(-c2csc(NC(=O)CN3CCOCCOc4ccc(N5CCOCC5)cc4Cc4cccc(c4)C3)n2)cc1. The van der Waals surface area contributed by atoms with Gasteiger partial charge in [-0.2, -0.15) is 0 Å². The first kappa shape index (κ1) is 30.1.